The molecule has 1 rings (SSSR count). The molecule has 1 heterocycles. The summed E-state index contributed by atoms with van der Waals surface area (Å²) in [5.74, 6) is -1.17. The fourth-order valence-corrected chi connectivity index (χ4v) is 3.16. The molecule has 1 aliphatic heterocycles. The topological polar surface area (TPSA) is 72.5 Å². The predicted octanol–water partition coefficient (Wildman–Crippen LogP) is -0.284. The summed E-state index contributed by atoms with van der Waals surface area (Å²) in [6.07, 6.45) is 3.00. The number of carbonyl (C=O) groups excluding carboxylic acids is 1. The summed E-state index contributed by atoms with van der Waals surface area (Å²) in [5.41, 5.74) is 0. The predicted molar refractivity (Wildman–Crippen MR) is 56.3 cm³/mol. The Labute approximate surface area is 90.1 Å². The first-order chi connectivity index (χ1) is 7.03. The van der Waals surface area contributed by atoms with Gasteiger partial charge in [0, 0.05) is 6.04 Å². The van der Waals surface area contributed by atoms with Gasteiger partial charge < -0.3 is 10.1 Å². The lowest BCUT2D eigenvalue weighted by molar-refractivity contribution is -0.137. The largest absolute Gasteiger partial charge is 0.468 e. The van der Waals surface area contributed by atoms with Gasteiger partial charge in [-0.05, 0) is 19.4 Å². The molecule has 0 aromatic rings. The smallest absolute Gasteiger partial charge is 0.320 e. The minimum atomic E-state index is -3.33. The van der Waals surface area contributed by atoms with E-state index in [1.165, 1.54) is 7.11 Å². The number of carbonyl (C=O) groups is 1. The highest BCUT2D eigenvalue weighted by molar-refractivity contribution is 7.92. The molecule has 0 amide bonds. The molecule has 1 saturated heterocycles. The van der Waals surface area contributed by atoms with Crippen molar-refractivity contribution in [3.05, 3.63) is 0 Å². The zero-order valence-corrected chi connectivity index (χ0v) is 9.68. The molecule has 1 aliphatic rings. The molecule has 1 fully saturated rings. The van der Waals surface area contributed by atoms with Crippen LogP contribution in [0.5, 0.6) is 0 Å². The Bertz CT molecular complexity index is 306. The number of hydrogen-bond acceptors (Lipinski definition) is 5. The molecule has 5 nitrogen and oxygen atoms in total. The van der Waals surface area contributed by atoms with E-state index in [0.29, 0.717) is 0 Å². The van der Waals surface area contributed by atoms with Gasteiger partial charge in [0.2, 0.25) is 0 Å². The maximum Gasteiger partial charge on any atom is 0.320 e. The monoisotopic (exact) mass is 235 g/mol. The Morgan fingerprint density at radius 3 is 2.73 bits per heavy atom. The van der Waals surface area contributed by atoms with Crippen molar-refractivity contribution in [1.82, 2.24) is 5.32 Å². The second-order valence-electron chi connectivity index (χ2n) is 3.78. The van der Waals surface area contributed by atoms with Gasteiger partial charge in [0.25, 0.3) is 0 Å². The molecule has 0 aromatic heterocycles. The zero-order chi connectivity index (χ0) is 11.3. The van der Waals surface area contributed by atoms with Crippen LogP contribution >= 0.6 is 0 Å². The van der Waals surface area contributed by atoms with Gasteiger partial charge in [-0.15, -0.1) is 0 Å². The molecule has 0 radical (unpaired) electrons. The summed E-state index contributed by atoms with van der Waals surface area (Å²) < 4.78 is 27.4. The van der Waals surface area contributed by atoms with Crippen LogP contribution in [0, 0.1) is 0 Å². The van der Waals surface area contributed by atoms with Gasteiger partial charge in [0.1, 0.15) is 5.75 Å². The van der Waals surface area contributed by atoms with E-state index in [9.17, 15) is 13.2 Å². The van der Waals surface area contributed by atoms with Gasteiger partial charge in [0.15, 0.2) is 9.84 Å². The van der Waals surface area contributed by atoms with Crippen LogP contribution in [0.25, 0.3) is 0 Å². The second-order valence-corrected chi connectivity index (χ2v) is 5.89. The number of piperidine rings is 1. The molecule has 1 unspecified atom stereocenters. The van der Waals surface area contributed by atoms with Gasteiger partial charge in [0.05, 0.1) is 12.9 Å². The molecule has 1 atom stereocenters. The third kappa shape index (κ3) is 4.61. The van der Waals surface area contributed by atoms with Crippen molar-refractivity contribution in [1.29, 1.82) is 0 Å². The van der Waals surface area contributed by atoms with E-state index in [1.54, 1.807) is 0 Å². The lowest BCUT2D eigenvalue weighted by Crippen LogP contribution is -2.40. The minimum Gasteiger partial charge on any atom is -0.468 e. The maximum absolute atomic E-state index is 11.5. The average molecular weight is 235 g/mol. The van der Waals surface area contributed by atoms with Crippen molar-refractivity contribution in [2.75, 3.05) is 25.2 Å². The zero-order valence-electron chi connectivity index (χ0n) is 8.86. The summed E-state index contributed by atoms with van der Waals surface area (Å²) in [4.78, 5) is 10.8. The van der Waals surface area contributed by atoms with E-state index in [1.807, 2.05) is 0 Å². The number of methoxy groups -OCH3 is 1. The van der Waals surface area contributed by atoms with Crippen molar-refractivity contribution < 1.29 is 17.9 Å². The summed E-state index contributed by atoms with van der Waals surface area (Å²) in [6, 6.07) is -0.00611. The Morgan fingerprint density at radius 2 is 2.20 bits per heavy atom. The highest BCUT2D eigenvalue weighted by Crippen LogP contribution is 2.09. The second kappa shape index (κ2) is 5.46. The van der Waals surface area contributed by atoms with Gasteiger partial charge >= 0.3 is 5.97 Å². The van der Waals surface area contributed by atoms with Crippen LogP contribution in [0.2, 0.25) is 0 Å². The summed E-state index contributed by atoms with van der Waals surface area (Å²) >= 11 is 0. The minimum absolute atomic E-state index is 0.00611. The Kier molecular flexibility index (Phi) is 4.53. The first-order valence-corrected chi connectivity index (χ1v) is 6.86. The molecule has 15 heavy (non-hydrogen) atoms. The van der Waals surface area contributed by atoms with E-state index in [2.05, 4.69) is 10.1 Å². The standard InChI is InChI=1S/C9H17NO4S/c1-14-9(11)7-15(12,13)6-8-4-2-3-5-10-8/h8,10H,2-7H2,1H3. The van der Waals surface area contributed by atoms with E-state index in [0.717, 1.165) is 25.8 Å². The van der Waals surface area contributed by atoms with Crippen LogP contribution in [-0.2, 0) is 19.4 Å². The molecule has 1 N–H and O–H groups in total. The van der Waals surface area contributed by atoms with Gasteiger partial charge in [-0.3, -0.25) is 4.79 Å². The first kappa shape index (κ1) is 12.4. The normalized spacial score (nSPS) is 22.3. The molecular weight excluding hydrogens is 218 g/mol. The maximum atomic E-state index is 11.5. The quantitative estimate of drug-likeness (QED) is 0.678. The number of esters is 1. The van der Waals surface area contributed by atoms with E-state index >= 15 is 0 Å². The van der Waals surface area contributed by atoms with Crippen LogP contribution in [-0.4, -0.2) is 45.6 Å². The lowest BCUT2D eigenvalue weighted by Gasteiger charge is -2.22. The molecular formula is C9H17NO4S. The third-order valence-corrected chi connectivity index (χ3v) is 4.02. The summed E-state index contributed by atoms with van der Waals surface area (Å²) in [7, 11) is -2.14. The third-order valence-electron chi connectivity index (χ3n) is 2.43. The fourth-order valence-electron chi connectivity index (χ4n) is 1.67. The Hall–Kier alpha value is -0.620. The molecule has 0 spiro atoms. The number of rotatable bonds is 4. The number of nitrogens with one attached hydrogen (secondary N) is 1. The van der Waals surface area contributed by atoms with Crippen molar-refractivity contribution >= 4 is 15.8 Å². The van der Waals surface area contributed by atoms with Crippen molar-refractivity contribution in [2.24, 2.45) is 0 Å². The highest BCUT2D eigenvalue weighted by atomic mass is 32.2. The SMILES string of the molecule is COC(=O)CS(=O)(=O)CC1CCCCN1. The van der Waals surface area contributed by atoms with E-state index < -0.39 is 21.6 Å². The van der Waals surface area contributed by atoms with Crippen LogP contribution < -0.4 is 5.32 Å². The number of hydrogen-bond donors (Lipinski definition) is 1. The number of sulfone groups is 1. The molecule has 0 saturated carbocycles. The van der Waals surface area contributed by atoms with Crippen LogP contribution in [0.3, 0.4) is 0 Å². The summed E-state index contributed by atoms with van der Waals surface area (Å²) in [5, 5.41) is 3.14. The number of ether oxygens (including phenoxy) is 1. The van der Waals surface area contributed by atoms with Crippen LogP contribution in [0.4, 0.5) is 0 Å². The van der Waals surface area contributed by atoms with Crippen LogP contribution in [0.15, 0.2) is 0 Å². The molecule has 6 heteroatoms. The average Bonchev–Trinajstić information content (AvgIpc) is 2.17. The van der Waals surface area contributed by atoms with Gasteiger partial charge in [-0.25, -0.2) is 8.42 Å². The van der Waals surface area contributed by atoms with Crippen molar-refractivity contribution in [2.45, 2.75) is 25.3 Å². The molecule has 0 bridgehead atoms. The van der Waals surface area contributed by atoms with Crippen molar-refractivity contribution in [3.8, 4) is 0 Å². The molecule has 0 aliphatic carbocycles. The van der Waals surface area contributed by atoms with Gasteiger partial charge in [-0.2, -0.15) is 0 Å². The van der Waals surface area contributed by atoms with E-state index in [4.69, 9.17) is 0 Å². The molecule has 0 aromatic carbocycles. The Balaban J connectivity index is 2.44. The summed E-state index contributed by atoms with van der Waals surface area (Å²) in [6.45, 7) is 0.860. The van der Waals surface area contributed by atoms with Gasteiger partial charge in [-0.1, -0.05) is 6.42 Å². The molecule has 88 valence electrons. The highest BCUT2D eigenvalue weighted by Gasteiger charge is 2.23. The van der Waals surface area contributed by atoms with E-state index in [-0.39, 0.29) is 11.8 Å². The van der Waals surface area contributed by atoms with Crippen LogP contribution in [0.1, 0.15) is 19.3 Å². The lowest BCUT2D eigenvalue weighted by atomic mass is 10.1. The Morgan fingerprint density at radius 1 is 1.47 bits per heavy atom. The first-order valence-electron chi connectivity index (χ1n) is 5.04. The van der Waals surface area contributed by atoms with Crippen molar-refractivity contribution in [3.63, 3.8) is 0 Å². The fraction of sp³-hybridized carbons (Fsp3) is 0.889.